The minimum absolute atomic E-state index is 0.500. The Morgan fingerprint density at radius 3 is 2.85 bits per heavy atom. The third-order valence-corrected chi connectivity index (χ3v) is 2.88. The SMILES string of the molecule is N#CCCc1c(Br)cccc1CCl. The summed E-state index contributed by atoms with van der Waals surface area (Å²) in [6.45, 7) is 0. The summed E-state index contributed by atoms with van der Waals surface area (Å²) in [5.41, 5.74) is 2.25. The van der Waals surface area contributed by atoms with E-state index in [-0.39, 0.29) is 0 Å². The van der Waals surface area contributed by atoms with Crippen LogP contribution in [0.1, 0.15) is 17.5 Å². The zero-order valence-corrected chi connectivity index (χ0v) is 9.40. The average molecular weight is 259 g/mol. The van der Waals surface area contributed by atoms with Gasteiger partial charge in [-0.2, -0.15) is 5.26 Å². The number of alkyl halides is 1. The van der Waals surface area contributed by atoms with Gasteiger partial charge in [0.25, 0.3) is 0 Å². The molecule has 0 spiro atoms. The first-order chi connectivity index (χ1) is 6.29. The molecule has 0 bridgehead atoms. The molecule has 0 atom stereocenters. The Morgan fingerprint density at radius 1 is 1.46 bits per heavy atom. The van der Waals surface area contributed by atoms with Gasteiger partial charge < -0.3 is 0 Å². The summed E-state index contributed by atoms with van der Waals surface area (Å²) >= 11 is 9.23. The van der Waals surface area contributed by atoms with Crippen LogP contribution < -0.4 is 0 Å². The quantitative estimate of drug-likeness (QED) is 0.759. The van der Waals surface area contributed by atoms with E-state index in [9.17, 15) is 0 Å². The Labute approximate surface area is 91.5 Å². The van der Waals surface area contributed by atoms with Gasteiger partial charge >= 0.3 is 0 Å². The van der Waals surface area contributed by atoms with Crippen molar-refractivity contribution in [3.05, 3.63) is 33.8 Å². The van der Waals surface area contributed by atoms with Gasteiger partial charge in [0.15, 0.2) is 0 Å². The van der Waals surface area contributed by atoms with E-state index in [1.165, 1.54) is 0 Å². The monoisotopic (exact) mass is 257 g/mol. The zero-order chi connectivity index (χ0) is 9.68. The summed E-state index contributed by atoms with van der Waals surface area (Å²) < 4.78 is 1.04. The zero-order valence-electron chi connectivity index (χ0n) is 7.06. The fourth-order valence-electron chi connectivity index (χ4n) is 1.19. The predicted octanol–water partition coefficient (Wildman–Crippen LogP) is 3.64. The van der Waals surface area contributed by atoms with Gasteiger partial charge in [0.2, 0.25) is 0 Å². The summed E-state index contributed by atoms with van der Waals surface area (Å²) in [7, 11) is 0. The molecule has 1 aromatic carbocycles. The number of nitriles is 1. The maximum atomic E-state index is 8.48. The van der Waals surface area contributed by atoms with Gasteiger partial charge in [-0.15, -0.1) is 11.6 Å². The Morgan fingerprint density at radius 2 is 2.23 bits per heavy atom. The second kappa shape index (κ2) is 5.26. The molecule has 0 aromatic heterocycles. The number of nitrogens with zero attached hydrogens (tertiary/aromatic N) is 1. The smallest absolute Gasteiger partial charge is 0.0625 e. The van der Waals surface area contributed by atoms with Crippen molar-refractivity contribution in [3.8, 4) is 6.07 Å². The first-order valence-electron chi connectivity index (χ1n) is 3.98. The summed E-state index contributed by atoms with van der Waals surface area (Å²) in [4.78, 5) is 0. The molecule has 1 nitrogen and oxygen atoms in total. The van der Waals surface area contributed by atoms with Gasteiger partial charge in [0.05, 0.1) is 6.07 Å². The lowest BCUT2D eigenvalue weighted by Gasteiger charge is -2.06. The number of halogens is 2. The Hall–Kier alpha value is -0.520. The van der Waals surface area contributed by atoms with Crippen molar-refractivity contribution in [1.82, 2.24) is 0 Å². The predicted molar refractivity (Wildman–Crippen MR) is 57.6 cm³/mol. The summed E-state index contributed by atoms with van der Waals surface area (Å²) in [5.74, 6) is 0.500. The fourth-order valence-corrected chi connectivity index (χ4v) is 2.05. The fraction of sp³-hybridized carbons (Fsp3) is 0.300. The molecule has 0 saturated carbocycles. The van der Waals surface area contributed by atoms with Gasteiger partial charge in [-0.1, -0.05) is 28.1 Å². The Bertz CT molecular complexity index is 330. The lowest BCUT2D eigenvalue weighted by atomic mass is 10.0. The molecule has 0 aliphatic carbocycles. The second-order valence-corrected chi connectivity index (χ2v) is 3.79. The van der Waals surface area contributed by atoms with E-state index in [1.807, 2.05) is 18.2 Å². The number of rotatable bonds is 3. The highest BCUT2D eigenvalue weighted by Crippen LogP contribution is 2.23. The molecule has 0 aliphatic heterocycles. The van der Waals surface area contributed by atoms with E-state index in [0.29, 0.717) is 12.3 Å². The normalized spacial score (nSPS) is 9.62. The minimum atomic E-state index is 0.500. The maximum absolute atomic E-state index is 8.48. The van der Waals surface area contributed by atoms with Gasteiger partial charge in [-0.05, 0) is 23.6 Å². The van der Waals surface area contributed by atoms with E-state index in [0.717, 1.165) is 22.0 Å². The first-order valence-corrected chi connectivity index (χ1v) is 5.31. The van der Waals surface area contributed by atoms with Crippen molar-refractivity contribution in [1.29, 1.82) is 5.26 Å². The number of hydrogen-bond donors (Lipinski definition) is 0. The van der Waals surface area contributed by atoms with Crippen LogP contribution in [0, 0.1) is 11.3 Å². The first kappa shape index (κ1) is 10.6. The van der Waals surface area contributed by atoms with Crippen LogP contribution in [-0.2, 0) is 12.3 Å². The van der Waals surface area contributed by atoms with Crippen LogP contribution in [0.2, 0.25) is 0 Å². The molecular formula is C10H9BrClN. The van der Waals surface area contributed by atoms with Crippen LogP contribution >= 0.6 is 27.5 Å². The molecule has 3 heteroatoms. The maximum Gasteiger partial charge on any atom is 0.0625 e. The molecule has 68 valence electrons. The molecule has 0 heterocycles. The number of hydrogen-bond acceptors (Lipinski definition) is 1. The van der Waals surface area contributed by atoms with Crippen molar-refractivity contribution < 1.29 is 0 Å². The van der Waals surface area contributed by atoms with Crippen LogP contribution in [0.15, 0.2) is 22.7 Å². The molecule has 1 aromatic rings. The lowest BCUT2D eigenvalue weighted by Crippen LogP contribution is -1.92. The van der Waals surface area contributed by atoms with Crippen LogP contribution in [0.5, 0.6) is 0 Å². The number of benzene rings is 1. The Kier molecular flexibility index (Phi) is 4.27. The average Bonchev–Trinajstić information content (AvgIpc) is 2.15. The standard InChI is InChI=1S/C10H9BrClN/c11-10-5-1-3-8(7-12)9(10)4-2-6-13/h1,3,5H,2,4,7H2. The second-order valence-electron chi connectivity index (χ2n) is 2.67. The van der Waals surface area contributed by atoms with E-state index in [2.05, 4.69) is 22.0 Å². The molecule has 0 N–H and O–H groups in total. The molecule has 0 radical (unpaired) electrons. The molecule has 0 fully saturated rings. The highest BCUT2D eigenvalue weighted by molar-refractivity contribution is 9.10. The van der Waals surface area contributed by atoms with E-state index in [1.54, 1.807) is 0 Å². The third kappa shape index (κ3) is 2.72. The van der Waals surface area contributed by atoms with Gasteiger partial charge in [0, 0.05) is 16.8 Å². The minimum Gasteiger partial charge on any atom is -0.198 e. The molecule has 0 unspecified atom stereocenters. The van der Waals surface area contributed by atoms with Crippen LogP contribution in [-0.4, -0.2) is 0 Å². The van der Waals surface area contributed by atoms with Gasteiger partial charge in [0.1, 0.15) is 0 Å². The molecule has 0 saturated heterocycles. The highest BCUT2D eigenvalue weighted by atomic mass is 79.9. The summed E-state index contributed by atoms with van der Waals surface area (Å²) in [5, 5.41) is 8.48. The van der Waals surface area contributed by atoms with Crippen LogP contribution in [0.25, 0.3) is 0 Å². The molecular weight excluding hydrogens is 249 g/mol. The summed E-state index contributed by atoms with van der Waals surface area (Å²) in [6, 6.07) is 8.05. The molecule has 1 rings (SSSR count). The topological polar surface area (TPSA) is 23.8 Å². The lowest BCUT2D eigenvalue weighted by molar-refractivity contribution is 0.985. The van der Waals surface area contributed by atoms with Crippen LogP contribution in [0.4, 0.5) is 0 Å². The largest absolute Gasteiger partial charge is 0.198 e. The highest BCUT2D eigenvalue weighted by Gasteiger charge is 2.04. The van der Waals surface area contributed by atoms with Crippen molar-refractivity contribution in [2.45, 2.75) is 18.7 Å². The van der Waals surface area contributed by atoms with Crippen molar-refractivity contribution in [2.24, 2.45) is 0 Å². The van der Waals surface area contributed by atoms with Crippen molar-refractivity contribution in [3.63, 3.8) is 0 Å². The Balaban J connectivity index is 2.95. The third-order valence-electron chi connectivity index (χ3n) is 1.85. The summed E-state index contributed by atoms with van der Waals surface area (Å²) in [6.07, 6.45) is 1.30. The van der Waals surface area contributed by atoms with Gasteiger partial charge in [-0.25, -0.2) is 0 Å². The molecule has 0 aliphatic rings. The van der Waals surface area contributed by atoms with Crippen molar-refractivity contribution in [2.75, 3.05) is 0 Å². The van der Waals surface area contributed by atoms with Crippen molar-refractivity contribution >= 4 is 27.5 Å². The van der Waals surface area contributed by atoms with Gasteiger partial charge in [-0.3, -0.25) is 0 Å². The molecule has 0 amide bonds. The van der Waals surface area contributed by atoms with E-state index in [4.69, 9.17) is 16.9 Å². The molecule has 13 heavy (non-hydrogen) atoms. The van der Waals surface area contributed by atoms with Crippen LogP contribution in [0.3, 0.4) is 0 Å². The van der Waals surface area contributed by atoms with E-state index >= 15 is 0 Å². The van der Waals surface area contributed by atoms with E-state index < -0.39 is 0 Å².